The van der Waals surface area contributed by atoms with E-state index >= 15 is 0 Å². The van der Waals surface area contributed by atoms with E-state index in [1.807, 2.05) is 20.8 Å². The highest BCUT2D eigenvalue weighted by Gasteiger charge is 2.33. The third kappa shape index (κ3) is 3.90. The molecule has 0 fully saturated rings. The van der Waals surface area contributed by atoms with Gasteiger partial charge in [0.25, 0.3) is 5.69 Å². The molecule has 0 aromatic heterocycles. The van der Waals surface area contributed by atoms with Crippen LogP contribution in [0, 0.1) is 10.1 Å². The van der Waals surface area contributed by atoms with Crippen LogP contribution < -0.4 is 0 Å². The van der Waals surface area contributed by atoms with Crippen molar-refractivity contribution in [2.45, 2.75) is 36.6 Å². The molecule has 0 N–H and O–H groups in total. The van der Waals surface area contributed by atoms with Gasteiger partial charge in [0, 0.05) is 6.07 Å². The number of benzene rings is 1. The molecule has 0 aliphatic heterocycles. The van der Waals surface area contributed by atoms with E-state index in [1.165, 1.54) is 12.1 Å². The molecule has 0 spiro atoms. The van der Waals surface area contributed by atoms with Gasteiger partial charge in [-0.05, 0) is 28.8 Å². The summed E-state index contributed by atoms with van der Waals surface area (Å²) in [5, 5.41) is 10.7. The first-order valence-electron chi connectivity index (χ1n) is 5.05. The SMILES string of the molecule is CC(C)(C)c1ccc([N+](=O)[O-])c(SC(F)(F)F)c1. The highest BCUT2D eigenvalue weighted by atomic mass is 32.2. The lowest BCUT2D eigenvalue weighted by molar-refractivity contribution is -0.387. The molecule has 7 heteroatoms. The minimum Gasteiger partial charge on any atom is -0.258 e. The van der Waals surface area contributed by atoms with Gasteiger partial charge in [0.05, 0.1) is 9.82 Å². The Bertz CT molecular complexity index is 466. The van der Waals surface area contributed by atoms with Gasteiger partial charge in [-0.3, -0.25) is 10.1 Å². The van der Waals surface area contributed by atoms with E-state index in [0.717, 1.165) is 6.07 Å². The summed E-state index contributed by atoms with van der Waals surface area (Å²) in [5.41, 5.74) is -4.80. The minimum absolute atomic E-state index is 0.365. The Balaban J connectivity index is 3.29. The van der Waals surface area contributed by atoms with Crippen molar-refractivity contribution in [2.24, 2.45) is 0 Å². The first-order chi connectivity index (χ1) is 8.00. The van der Waals surface area contributed by atoms with E-state index in [0.29, 0.717) is 5.56 Å². The largest absolute Gasteiger partial charge is 0.446 e. The van der Waals surface area contributed by atoms with Crippen molar-refractivity contribution in [1.82, 2.24) is 0 Å². The Labute approximate surface area is 107 Å². The van der Waals surface area contributed by atoms with Gasteiger partial charge in [-0.25, -0.2) is 0 Å². The quantitative estimate of drug-likeness (QED) is 0.454. The second kappa shape index (κ2) is 4.79. The fraction of sp³-hybridized carbons (Fsp3) is 0.455. The molecule has 18 heavy (non-hydrogen) atoms. The summed E-state index contributed by atoms with van der Waals surface area (Å²) in [6.45, 7) is 5.49. The molecule has 0 heterocycles. The van der Waals surface area contributed by atoms with Crippen LogP contribution in [-0.2, 0) is 5.41 Å². The minimum atomic E-state index is -4.54. The molecule has 0 amide bonds. The summed E-state index contributed by atoms with van der Waals surface area (Å²) in [7, 11) is 0. The zero-order chi connectivity index (χ0) is 14.1. The number of rotatable bonds is 2. The number of nitro groups is 1. The van der Waals surface area contributed by atoms with E-state index < -0.39 is 27.9 Å². The van der Waals surface area contributed by atoms with Crippen LogP contribution in [0.25, 0.3) is 0 Å². The van der Waals surface area contributed by atoms with E-state index in [-0.39, 0.29) is 10.3 Å². The fourth-order valence-electron chi connectivity index (χ4n) is 1.34. The van der Waals surface area contributed by atoms with Crippen LogP contribution in [0.3, 0.4) is 0 Å². The normalized spacial score (nSPS) is 12.6. The van der Waals surface area contributed by atoms with E-state index in [1.54, 1.807) is 0 Å². The predicted octanol–water partition coefficient (Wildman–Crippen LogP) is 4.50. The molecular formula is C11H12F3NO2S. The van der Waals surface area contributed by atoms with Crippen LogP contribution >= 0.6 is 11.8 Å². The van der Waals surface area contributed by atoms with Crippen molar-refractivity contribution in [3.05, 3.63) is 33.9 Å². The number of nitro benzene ring substituents is 1. The monoisotopic (exact) mass is 279 g/mol. The van der Waals surface area contributed by atoms with Crippen molar-refractivity contribution in [2.75, 3.05) is 0 Å². The molecule has 0 bridgehead atoms. The highest BCUT2D eigenvalue weighted by Crippen LogP contribution is 2.42. The standard InChI is InChI=1S/C11H12F3NO2S/c1-10(2,3)7-4-5-8(15(16)17)9(6-7)18-11(12,13)14/h4-6H,1-3H3. The second-order valence-corrected chi connectivity index (χ2v) is 5.84. The van der Waals surface area contributed by atoms with Crippen molar-refractivity contribution in [3.63, 3.8) is 0 Å². The smallest absolute Gasteiger partial charge is 0.258 e. The number of thioether (sulfide) groups is 1. The average molecular weight is 279 g/mol. The van der Waals surface area contributed by atoms with Crippen LogP contribution in [0.4, 0.5) is 18.9 Å². The van der Waals surface area contributed by atoms with Crippen LogP contribution in [0.2, 0.25) is 0 Å². The number of alkyl halides is 3. The van der Waals surface area contributed by atoms with Gasteiger partial charge < -0.3 is 0 Å². The Hall–Kier alpha value is -1.24. The second-order valence-electron chi connectivity index (χ2n) is 4.74. The summed E-state index contributed by atoms with van der Waals surface area (Å²) >= 11 is -0.456. The van der Waals surface area contributed by atoms with Gasteiger partial charge in [0.2, 0.25) is 0 Å². The lowest BCUT2D eigenvalue weighted by Gasteiger charge is -2.19. The molecule has 0 radical (unpaired) electrons. The first kappa shape index (κ1) is 14.8. The van der Waals surface area contributed by atoms with Gasteiger partial charge in [-0.1, -0.05) is 26.8 Å². The maximum absolute atomic E-state index is 12.4. The number of hydrogen-bond donors (Lipinski definition) is 0. The Kier molecular flexibility index (Phi) is 3.95. The fourth-order valence-corrected chi connectivity index (χ4v) is 2.02. The van der Waals surface area contributed by atoms with Crippen LogP contribution in [0.1, 0.15) is 26.3 Å². The number of halogens is 3. The summed E-state index contributed by atoms with van der Waals surface area (Å²) in [4.78, 5) is 9.51. The number of hydrogen-bond acceptors (Lipinski definition) is 3. The summed E-state index contributed by atoms with van der Waals surface area (Å²) in [6.07, 6.45) is 0. The third-order valence-corrected chi connectivity index (χ3v) is 3.03. The zero-order valence-corrected chi connectivity index (χ0v) is 10.9. The molecule has 0 aliphatic carbocycles. The van der Waals surface area contributed by atoms with Gasteiger partial charge in [-0.2, -0.15) is 13.2 Å². The van der Waals surface area contributed by atoms with Crippen molar-refractivity contribution in [1.29, 1.82) is 0 Å². The highest BCUT2D eigenvalue weighted by molar-refractivity contribution is 8.00. The maximum atomic E-state index is 12.4. The van der Waals surface area contributed by atoms with Crippen molar-refractivity contribution < 1.29 is 18.1 Å². The lowest BCUT2D eigenvalue weighted by atomic mass is 9.87. The van der Waals surface area contributed by atoms with E-state index in [9.17, 15) is 23.3 Å². The average Bonchev–Trinajstić information content (AvgIpc) is 2.12. The lowest BCUT2D eigenvalue weighted by Crippen LogP contribution is -2.12. The molecule has 0 unspecified atom stereocenters. The molecule has 0 atom stereocenters. The van der Waals surface area contributed by atoms with Crippen molar-refractivity contribution in [3.8, 4) is 0 Å². The molecule has 0 aliphatic rings. The van der Waals surface area contributed by atoms with Crippen molar-refractivity contribution >= 4 is 17.4 Å². The van der Waals surface area contributed by atoms with E-state index in [2.05, 4.69) is 0 Å². The van der Waals surface area contributed by atoms with Crippen LogP contribution in [0.5, 0.6) is 0 Å². The van der Waals surface area contributed by atoms with Crippen LogP contribution in [0.15, 0.2) is 23.1 Å². The summed E-state index contributed by atoms with van der Waals surface area (Å²) in [6, 6.07) is 3.84. The van der Waals surface area contributed by atoms with E-state index in [4.69, 9.17) is 0 Å². The van der Waals surface area contributed by atoms with Gasteiger partial charge >= 0.3 is 5.51 Å². The summed E-state index contributed by atoms with van der Waals surface area (Å²) < 4.78 is 37.1. The molecule has 100 valence electrons. The third-order valence-electron chi connectivity index (χ3n) is 2.25. The molecule has 0 saturated carbocycles. The Morgan fingerprint density at radius 3 is 2.17 bits per heavy atom. The molecular weight excluding hydrogens is 267 g/mol. The summed E-state index contributed by atoms with van der Waals surface area (Å²) in [5.74, 6) is 0. The van der Waals surface area contributed by atoms with Gasteiger partial charge in [-0.15, -0.1) is 0 Å². The molecule has 0 saturated heterocycles. The molecule has 1 aromatic carbocycles. The molecule has 1 aromatic rings. The molecule has 3 nitrogen and oxygen atoms in total. The predicted molar refractivity (Wildman–Crippen MR) is 63.7 cm³/mol. The van der Waals surface area contributed by atoms with Gasteiger partial charge in [0.1, 0.15) is 0 Å². The Morgan fingerprint density at radius 1 is 1.22 bits per heavy atom. The van der Waals surface area contributed by atoms with Crippen LogP contribution in [-0.4, -0.2) is 10.4 Å². The van der Waals surface area contributed by atoms with Gasteiger partial charge in [0.15, 0.2) is 0 Å². The zero-order valence-electron chi connectivity index (χ0n) is 10.0. The first-order valence-corrected chi connectivity index (χ1v) is 5.87. The molecule has 1 rings (SSSR count). The maximum Gasteiger partial charge on any atom is 0.446 e. The topological polar surface area (TPSA) is 43.1 Å². The number of nitrogens with zero attached hydrogens (tertiary/aromatic N) is 1. The Morgan fingerprint density at radius 2 is 1.78 bits per heavy atom.